The van der Waals surface area contributed by atoms with Crippen LogP contribution in [0.5, 0.6) is 5.75 Å². The number of phenols is 1. The number of benzene rings is 1. The van der Waals surface area contributed by atoms with Gasteiger partial charge in [0, 0.05) is 11.6 Å². The summed E-state index contributed by atoms with van der Waals surface area (Å²) in [4.78, 5) is 11.9. The Balaban J connectivity index is 1.99. The third kappa shape index (κ3) is 2.77. The minimum absolute atomic E-state index is 0.0876. The van der Waals surface area contributed by atoms with E-state index >= 15 is 0 Å². The van der Waals surface area contributed by atoms with Crippen LogP contribution in [0.2, 0.25) is 0 Å². The normalized spacial score (nSPS) is 23.6. The largest absolute Gasteiger partial charge is 0.508 e. The van der Waals surface area contributed by atoms with Crippen LogP contribution in [0.15, 0.2) is 24.3 Å². The van der Waals surface area contributed by atoms with Gasteiger partial charge in [0.2, 0.25) is 0 Å². The lowest BCUT2D eigenvalue weighted by atomic mass is 10.0. The number of nitrogens with one attached hydrogen (secondary N) is 1. The molecule has 17 heavy (non-hydrogen) atoms. The molecule has 0 heterocycles. The van der Waals surface area contributed by atoms with E-state index in [0.717, 1.165) is 19.3 Å². The third-order valence-electron chi connectivity index (χ3n) is 3.41. The van der Waals surface area contributed by atoms with Gasteiger partial charge in [0.25, 0.3) is 5.91 Å². The highest BCUT2D eigenvalue weighted by Gasteiger charge is 2.27. The first-order valence-corrected chi connectivity index (χ1v) is 6.00. The number of carbonyl (C=O) groups excluding carboxylic acids is 1. The molecule has 2 rings (SSSR count). The lowest BCUT2D eigenvalue weighted by Crippen LogP contribution is -2.39. The third-order valence-corrected chi connectivity index (χ3v) is 3.41. The number of amides is 1. The molecular formula is C13H18N2O2. The molecule has 0 aromatic heterocycles. The van der Waals surface area contributed by atoms with Gasteiger partial charge in [-0.05, 0) is 49.6 Å². The molecule has 0 radical (unpaired) electrons. The van der Waals surface area contributed by atoms with E-state index in [1.165, 1.54) is 12.1 Å². The zero-order chi connectivity index (χ0) is 12.3. The fourth-order valence-corrected chi connectivity index (χ4v) is 2.37. The van der Waals surface area contributed by atoms with Crippen molar-refractivity contribution in [1.29, 1.82) is 0 Å². The summed E-state index contributed by atoms with van der Waals surface area (Å²) in [6.07, 6.45) is 3.23. The highest BCUT2D eigenvalue weighted by molar-refractivity contribution is 5.94. The van der Waals surface area contributed by atoms with Gasteiger partial charge in [0.1, 0.15) is 5.75 Å². The van der Waals surface area contributed by atoms with Crippen molar-refractivity contribution in [3.8, 4) is 5.75 Å². The number of aromatic hydroxyl groups is 1. The van der Waals surface area contributed by atoms with E-state index < -0.39 is 0 Å². The van der Waals surface area contributed by atoms with Crippen LogP contribution >= 0.6 is 0 Å². The molecule has 0 bridgehead atoms. The maximum atomic E-state index is 11.9. The standard InChI is InChI=1S/C13H18N2O2/c14-8-10-2-1-3-12(10)15-13(17)9-4-6-11(16)7-5-9/h4-7,10,12,16H,1-3,8,14H2,(H,15,17). The molecule has 1 saturated carbocycles. The number of nitrogens with two attached hydrogens (primary N) is 1. The first-order valence-electron chi connectivity index (χ1n) is 6.00. The van der Waals surface area contributed by atoms with Gasteiger partial charge in [-0.3, -0.25) is 4.79 Å². The second-order valence-corrected chi connectivity index (χ2v) is 4.55. The van der Waals surface area contributed by atoms with E-state index in [9.17, 15) is 4.79 Å². The van der Waals surface area contributed by atoms with E-state index in [-0.39, 0.29) is 17.7 Å². The van der Waals surface area contributed by atoms with Gasteiger partial charge in [0.15, 0.2) is 0 Å². The van der Waals surface area contributed by atoms with E-state index in [4.69, 9.17) is 10.8 Å². The second-order valence-electron chi connectivity index (χ2n) is 4.55. The van der Waals surface area contributed by atoms with Crippen molar-refractivity contribution in [2.75, 3.05) is 6.54 Å². The molecule has 0 saturated heterocycles. The maximum absolute atomic E-state index is 11.9. The Morgan fingerprint density at radius 3 is 2.71 bits per heavy atom. The van der Waals surface area contributed by atoms with Crippen LogP contribution < -0.4 is 11.1 Å². The molecule has 1 fully saturated rings. The van der Waals surface area contributed by atoms with Gasteiger partial charge in [0.05, 0.1) is 0 Å². The van der Waals surface area contributed by atoms with Gasteiger partial charge < -0.3 is 16.2 Å². The monoisotopic (exact) mass is 234 g/mol. The Hall–Kier alpha value is -1.55. The van der Waals surface area contributed by atoms with Crippen LogP contribution in [0.4, 0.5) is 0 Å². The van der Waals surface area contributed by atoms with Crippen LogP contribution in [-0.2, 0) is 0 Å². The molecule has 0 spiro atoms. The summed E-state index contributed by atoms with van der Waals surface area (Å²) in [7, 11) is 0. The first-order chi connectivity index (χ1) is 8.20. The van der Waals surface area contributed by atoms with Gasteiger partial charge >= 0.3 is 0 Å². The Labute approximate surface area is 101 Å². The maximum Gasteiger partial charge on any atom is 0.251 e. The molecule has 4 nitrogen and oxygen atoms in total. The van der Waals surface area contributed by atoms with Crippen molar-refractivity contribution in [2.45, 2.75) is 25.3 Å². The summed E-state index contributed by atoms with van der Waals surface area (Å²) in [6, 6.07) is 6.48. The minimum Gasteiger partial charge on any atom is -0.508 e. The topological polar surface area (TPSA) is 75.3 Å². The van der Waals surface area contributed by atoms with E-state index in [2.05, 4.69) is 5.32 Å². The summed E-state index contributed by atoms with van der Waals surface area (Å²) in [5, 5.41) is 12.2. The lowest BCUT2D eigenvalue weighted by molar-refractivity contribution is 0.0929. The van der Waals surface area contributed by atoms with E-state index in [1.54, 1.807) is 12.1 Å². The Morgan fingerprint density at radius 1 is 1.35 bits per heavy atom. The van der Waals surface area contributed by atoms with Crippen molar-refractivity contribution in [2.24, 2.45) is 11.7 Å². The predicted molar refractivity (Wildman–Crippen MR) is 65.8 cm³/mol. The zero-order valence-corrected chi connectivity index (χ0v) is 9.73. The quantitative estimate of drug-likeness (QED) is 0.736. The Bertz CT molecular complexity index is 389. The number of carbonyl (C=O) groups is 1. The summed E-state index contributed by atoms with van der Waals surface area (Å²) in [5.41, 5.74) is 6.25. The minimum atomic E-state index is -0.0876. The van der Waals surface area contributed by atoms with Crippen LogP contribution in [0.3, 0.4) is 0 Å². The molecule has 1 aliphatic carbocycles. The van der Waals surface area contributed by atoms with Crippen molar-refractivity contribution >= 4 is 5.91 Å². The molecule has 4 N–H and O–H groups in total. The fourth-order valence-electron chi connectivity index (χ4n) is 2.37. The summed E-state index contributed by atoms with van der Waals surface area (Å²) >= 11 is 0. The van der Waals surface area contributed by atoms with Gasteiger partial charge in [-0.1, -0.05) is 6.42 Å². The van der Waals surface area contributed by atoms with Crippen LogP contribution in [-0.4, -0.2) is 23.6 Å². The second kappa shape index (κ2) is 5.19. The average molecular weight is 234 g/mol. The number of hydrogen-bond donors (Lipinski definition) is 3. The fraction of sp³-hybridized carbons (Fsp3) is 0.462. The number of rotatable bonds is 3. The summed E-state index contributed by atoms with van der Waals surface area (Å²) < 4.78 is 0. The molecular weight excluding hydrogens is 216 g/mol. The Kier molecular flexibility index (Phi) is 3.64. The predicted octanol–water partition coefficient (Wildman–Crippen LogP) is 1.25. The smallest absolute Gasteiger partial charge is 0.251 e. The lowest BCUT2D eigenvalue weighted by Gasteiger charge is -2.19. The van der Waals surface area contributed by atoms with E-state index in [0.29, 0.717) is 18.0 Å². The average Bonchev–Trinajstić information content (AvgIpc) is 2.77. The summed E-state index contributed by atoms with van der Waals surface area (Å²) in [6.45, 7) is 0.626. The number of phenolic OH excluding ortho intramolecular Hbond substituents is 1. The van der Waals surface area contributed by atoms with Crippen molar-refractivity contribution in [1.82, 2.24) is 5.32 Å². The van der Waals surface area contributed by atoms with Crippen molar-refractivity contribution in [3.05, 3.63) is 29.8 Å². The molecule has 1 aliphatic rings. The molecule has 4 heteroatoms. The molecule has 1 amide bonds. The highest BCUT2D eigenvalue weighted by Crippen LogP contribution is 2.24. The molecule has 92 valence electrons. The highest BCUT2D eigenvalue weighted by atomic mass is 16.3. The number of hydrogen-bond acceptors (Lipinski definition) is 3. The van der Waals surface area contributed by atoms with Crippen LogP contribution in [0, 0.1) is 5.92 Å². The van der Waals surface area contributed by atoms with Gasteiger partial charge in [-0.15, -0.1) is 0 Å². The Morgan fingerprint density at radius 2 is 2.06 bits per heavy atom. The summed E-state index contributed by atoms with van der Waals surface area (Å²) in [5.74, 6) is 0.480. The molecule has 1 aromatic rings. The molecule has 1 aromatic carbocycles. The van der Waals surface area contributed by atoms with Crippen molar-refractivity contribution in [3.63, 3.8) is 0 Å². The molecule has 2 atom stereocenters. The van der Waals surface area contributed by atoms with Crippen molar-refractivity contribution < 1.29 is 9.90 Å². The van der Waals surface area contributed by atoms with Gasteiger partial charge in [-0.2, -0.15) is 0 Å². The molecule has 2 unspecified atom stereocenters. The first kappa shape index (κ1) is 11.9. The zero-order valence-electron chi connectivity index (χ0n) is 9.73. The SMILES string of the molecule is NCC1CCCC1NC(=O)c1ccc(O)cc1. The van der Waals surface area contributed by atoms with Crippen LogP contribution in [0.1, 0.15) is 29.6 Å². The van der Waals surface area contributed by atoms with Gasteiger partial charge in [-0.25, -0.2) is 0 Å². The van der Waals surface area contributed by atoms with Crippen LogP contribution in [0.25, 0.3) is 0 Å². The van der Waals surface area contributed by atoms with E-state index in [1.807, 2.05) is 0 Å². The molecule has 0 aliphatic heterocycles.